The van der Waals surface area contributed by atoms with E-state index in [0.717, 1.165) is 11.1 Å². The molecule has 0 N–H and O–H groups in total. The lowest BCUT2D eigenvalue weighted by atomic mass is 10.2. The second-order valence-corrected chi connectivity index (χ2v) is 3.65. The molecule has 82 valence electrons. The van der Waals surface area contributed by atoms with Gasteiger partial charge in [-0.05, 0) is 32.4 Å². The molecular weight excluding hydrogens is 190 g/mol. The van der Waals surface area contributed by atoms with Crippen molar-refractivity contribution in [2.45, 2.75) is 27.3 Å². The molecule has 0 saturated carbocycles. The number of carbonyl (C=O) groups excluding carboxylic acids is 1. The van der Waals surface area contributed by atoms with Crippen LogP contribution in [0.15, 0.2) is 24.4 Å². The zero-order valence-electron chi connectivity index (χ0n) is 9.54. The molecule has 1 rings (SSSR count). The van der Waals surface area contributed by atoms with E-state index in [4.69, 9.17) is 4.74 Å². The Balaban J connectivity index is 2.98. The summed E-state index contributed by atoms with van der Waals surface area (Å²) >= 11 is 0. The number of rotatable bonds is 4. The number of nitrogens with zero attached hydrogens (tertiary/aromatic N) is 1. The average molecular weight is 207 g/mol. The van der Waals surface area contributed by atoms with Crippen LogP contribution in [0.3, 0.4) is 0 Å². The zero-order valence-corrected chi connectivity index (χ0v) is 9.54. The van der Waals surface area contributed by atoms with Crippen molar-refractivity contribution in [2.24, 2.45) is 0 Å². The summed E-state index contributed by atoms with van der Waals surface area (Å²) in [5.74, 6) is -0.263. The summed E-state index contributed by atoms with van der Waals surface area (Å²) in [4.78, 5) is 11.7. The van der Waals surface area contributed by atoms with Crippen LogP contribution in [0.5, 0.6) is 0 Å². The molecule has 0 amide bonds. The van der Waals surface area contributed by atoms with E-state index < -0.39 is 0 Å². The van der Waals surface area contributed by atoms with Gasteiger partial charge in [0, 0.05) is 12.7 Å². The first-order chi connectivity index (χ1) is 7.06. The molecule has 1 heterocycles. The molecule has 0 aliphatic rings. The Kier molecular flexibility index (Phi) is 3.72. The number of carbonyl (C=O) groups is 1. The van der Waals surface area contributed by atoms with Gasteiger partial charge in [-0.25, -0.2) is 4.79 Å². The van der Waals surface area contributed by atoms with E-state index in [1.165, 1.54) is 0 Å². The molecule has 0 bridgehead atoms. The molecule has 0 radical (unpaired) electrons. The van der Waals surface area contributed by atoms with Crippen molar-refractivity contribution in [1.82, 2.24) is 4.57 Å². The van der Waals surface area contributed by atoms with Crippen LogP contribution in [0.1, 0.15) is 29.9 Å². The molecule has 0 saturated heterocycles. The Bertz CT molecular complexity index is 377. The van der Waals surface area contributed by atoms with Crippen molar-refractivity contribution in [3.05, 3.63) is 35.7 Å². The Morgan fingerprint density at radius 1 is 1.60 bits per heavy atom. The van der Waals surface area contributed by atoms with Gasteiger partial charge in [-0.15, -0.1) is 0 Å². The van der Waals surface area contributed by atoms with Gasteiger partial charge < -0.3 is 9.30 Å². The lowest BCUT2D eigenvalue weighted by Gasteiger charge is -2.09. The van der Waals surface area contributed by atoms with Crippen LogP contribution >= 0.6 is 0 Å². The summed E-state index contributed by atoms with van der Waals surface area (Å²) < 4.78 is 6.87. The summed E-state index contributed by atoms with van der Waals surface area (Å²) in [5, 5.41) is 0. The van der Waals surface area contributed by atoms with Crippen molar-refractivity contribution in [3.8, 4) is 0 Å². The molecule has 0 spiro atoms. The Labute approximate surface area is 90.4 Å². The maximum Gasteiger partial charge on any atom is 0.355 e. The van der Waals surface area contributed by atoms with Gasteiger partial charge >= 0.3 is 5.97 Å². The quantitative estimate of drug-likeness (QED) is 0.561. The molecule has 1 aromatic rings. The smallest absolute Gasteiger partial charge is 0.355 e. The summed E-state index contributed by atoms with van der Waals surface area (Å²) in [5.41, 5.74) is 2.57. The second kappa shape index (κ2) is 4.82. The van der Waals surface area contributed by atoms with E-state index in [9.17, 15) is 4.79 Å². The molecule has 0 aromatic carbocycles. The van der Waals surface area contributed by atoms with E-state index in [1.54, 1.807) is 6.92 Å². The van der Waals surface area contributed by atoms with Crippen LogP contribution in [0.4, 0.5) is 0 Å². The van der Waals surface area contributed by atoms with Crippen LogP contribution in [-0.4, -0.2) is 17.1 Å². The summed E-state index contributed by atoms with van der Waals surface area (Å²) in [7, 11) is 0. The molecule has 0 unspecified atom stereocenters. The number of aryl methyl sites for hydroxylation is 1. The average Bonchev–Trinajstić information content (AvgIpc) is 2.46. The molecular formula is C12H17NO2. The monoisotopic (exact) mass is 207 g/mol. The van der Waals surface area contributed by atoms with E-state index in [2.05, 4.69) is 6.58 Å². The first-order valence-electron chi connectivity index (χ1n) is 5.03. The zero-order chi connectivity index (χ0) is 11.4. The van der Waals surface area contributed by atoms with Gasteiger partial charge in [-0.3, -0.25) is 0 Å². The van der Waals surface area contributed by atoms with Crippen LogP contribution in [0.25, 0.3) is 0 Å². The lowest BCUT2D eigenvalue weighted by Crippen LogP contribution is -2.13. The molecule has 0 atom stereocenters. The number of esters is 1. The highest BCUT2D eigenvalue weighted by molar-refractivity contribution is 5.89. The minimum atomic E-state index is -0.263. The van der Waals surface area contributed by atoms with E-state index in [-0.39, 0.29) is 5.97 Å². The fourth-order valence-electron chi connectivity index (χ4n) is 1.48. The lowest BCUT2D eigenvalue weighted by molar-refractivity contribution is 0.0513. The van der Waals surface area contributed by atoms with Gasteiger partial charge in [-0.2, -0.15) is 0 Å². The van der Waals surface area contributed by atoms with E-state index >= 15 is 0 Å². The molecule has 15 heavy (non-hydrogen) atoms. The number of allylic oxidation sites excluding steroid dienone is 1. The predicted octanol–water partition coefficient (Wildman–Crippen LogP) is 2.55. The third-order valence-corrected chi connectivity index (χ3v) is 2.07. The highest BCUT2D eigenvalue weighted by Gasteiger charge is 2.15. The van der Waals surface area contributed by atoms with Crippen molar-refractivity contribution in [1.29, 1.82) is 0 Å². The summed E-state index contributed by atoms with van der Waals surface area (Å²) in [6.45, 7) is 10.5. The fraction of sp³-hybridized carbons (Fsp3) is 0.417. The minimum Gasteiger partial charge on any atom is -0.461 e. The Morgan fingerprint density at radius 3 is 2.80 bits per heavy atom. The van der Waals surface area contributed by atoms with Crippen molar-refractivity contribution < 1.29 is 9.53 Å². The van der Waals surface area contributed by atoms with Crippen molar-refractivity contribution >= 4 is 5.97 Å². The van der Waals surface area contributed by atoms with Crippen LogP contribution in [0.2, 0.25) is 0 Å². The molecule has 3 heteroatoms. The van der Waals surface area contributed by atoms with Gasteiger partial charge in [0.05, 0.1) is 6.61 Å². The molecule has 0 aliphatic heterocycles. The molecule has 0 fully saturated rings. The normalized spacial score (nSPS) is 10.1. The third-order valence-electron chi connectivity index (χ3n) is 2.07. The van der Waals surface area contributed by atoms with Gasteiger partial charge in [0.15, 0.2) is 0 Å². The number of hydrogen-bond donors (Lipinski definition) is 0. The highest BCUT2D eigenvalue weighted by Crippen LogP contribution is 2.13. The van der Waals surface area contributed by atoms with E-state index in [1.807, 2.05) is 30.7 Å². The number of hydrogen-bond acceptors (Lipinski definition) is 2. The maximum atomic E-state index is 11.7. The molecule has 1 aromatic heterocycles. The first kappa shape index (κ1) is 11.6. The van der Waals surface area contributed by atoms with Crippen molar-refractivity contribution in [2.75, 3.05) is 6.61 Å². The van der Waals surface area contributed by atoms with E-state index in [0.29, 0.717) is 18.8 Å². The topological polar surface area (TPSA) is 31.2 Å². The third kappa shape index (κ3) is 2.72. The minimum absolute atomic E-state index is 0.263. The second-order valence-electron chi connectivity index (χ2n) is 3.65. The van der Waals surface area contributed by atoms with Crippen LogP contribution in [0, 0.1) is 6.92 Å². The fourth-order valence-corrected chi connectivity index (χ4v) is 1.48. The Hall–Kier alpha value is -1.51. The van der Waals surface area contributed by atoms with Crippen molar-refractivity contribution in [3.63, 3.8) is 0 Å². The van der Waals surface area contributed by atoms with Crippen LogP contribution in [-0.2, 0) is 11.3 Å². The highest BCUT2D eigenvalue weighted by atomic mass is 16.5. The number of ether oxygens (including phenoxy) is 1. The maximum absolute atomic E-state index is 11.7. The summed E-state index contributed by atoms with van der Waals surface area (Å²) in [6, 6.07) is 1.91. The SMILES string of the molecule is C=C(C)Cn1ccc(C)c1C(=O)OCC. The summed E-state index contributed by atoms with van der Waals surface area (Å²) in [6.07, 6.45) is 1.89. The van der Waals surface area contributed by atoms with Gasteiger partial charge in [0.25, 0.3) is 0 Å². The van der Waals surface area contributed by atoms with Gasteiger partial charge in [0.1, 0.15) is 5.69 Å². The van der Waals surface area contributed by atoms with Gasteiger partial charge in [0.2, 0.25) is 0 Å². The van der Waals surface area contributed by atoms with Gasteiger partial charge in [-0.1, -0.05) is 12.2 Å². The standard InChI is InChI=1S/C12H17NO2/c1-5-15-12(14)11-10(4)6-7-13(11)8-9(2)3/h6-7H,2,5,8H2,1,3-4H3. The molecule has 0 aliphatic carbocycles. The van der Waals surface area contributed by atoms with Crippen LogP contribution < -0.4 is 0 Å². The number of aromatic nitrogens is 1. The first-order valence-corrected chi connectivity index (χ1v) is 5.03. The molecule has 3 nitrogen and oxygen atoms in total. The largest absolute Gasteiger partial charge is 0.461 e. The Morgan fingerprint density at radius 2 is 2.27 bits per heavy atom. The predicted molar refractivity (Wildman–Crippen MR) is 59.9 cm³/mol.